The van der Waals surface area contributed by atoms with E-state index in [2.05, 4.69) is 15.0 Å². The van der Waals surface area contributed by atoms with Crippen LogP contribution >= 0.6 is 11.8 Å². The van der Waals surface area contributed by atoms with Gasteiger partial charge in [0.1, 0.15) is 11.1 Å². The highest BCUT2D eigenvalue weighted by molar-refractivity contribution is 8.13. The molecule has 0 radical (unpaired) electrons. The van der Waals surface area contributed by atoms with E-state index >= 15 is 0 Å². The lowest BCUT2D eigenvalue weighted by Crippen LogP contribution is -2.41. The molecule has 7 nitrogen and oxygen atoms in total. The molecule has 1 saturated heterocycles. The van der Waals surface area contributed by atoms with Gasteiger partial charge in [-0.1, -0.05) is 11.8 Å². The van der Waals surface area contributed by atoms with E-state index < -0.39 is 11.1 Å². The summed E-state index contributed by atoms with van der Waals surface area (Å²) in [7, 11) is 0. The largest absolute Gasteiger partial charge is 0.444 e. The lowest BCUT2D eigenvalue weighted by Gasteiger charge is -2.33. The van der Waals surface area contributed by atoms with Crippen LogP contribution in [0, 0.1) is 5.92 Å². The fraction of sp³-hybridized carbons (Fsp3) is 0.600. The Bertz CT molecular complexity index is 631. The van der Waals surface area contributed by atoms with Crippen LogP contribution in [0.4, 0.5) is 4.79 Å². The fourth-order valence-electron chi connectivity index (χ4n) is 2.97. The first kappa shape index (κ1) is 16.0. The van der Waals surface area contributed by atoms with Crippen molar-refractivity contribution in [2.24, 2.45) is 16.6 Å². The SMILES string of the molecule is CC(C)(C)OC(=O)N1CC2CSC(N)=NC2(c2cnccn2)C1. The van der Waals surface area contributed by atoms with Crippen LogP contribution in [0.1, 0.15) is 26.5 Å². The summed E-state index contributed by atoms with van der Waals surface area (Å²) in [6.45, 7) is 6.57. The number of ether oxygens (including phenoxy) is 1. The Kier molecular flexibility index (Phi) is 3.95. The van der Waals surface area contributed by atoms with Gasteiger partial charge in [0.15, 0.2) is 5.17 Å². The second-order valence-corrected chi connectivity index (χ2v) is 7.87. The van der Waals surface area contributed by atoms with E-state index in [0.717, 1.165) is 11.4 Å². The maximum Gasteiger partial charge on any atom is 0.410 e. The lowest BCUT2D eigenvalue weighted by molar-refractivity contribution is 0.0282. The smallest absolute Gasteiger partial charge is 0.410 e. The standard InChI is InChI=1S/C15H21N5O2S/c1-14(2,3)22-13(21)20-7-10-8-23-12(16)19-15(10,9-20)11-6-17-4-5-18-11/h4-6,10H,7-9H2,1-3H3,(H2,16,19). The van der Waals surface area contributed by atoms with Gasteiger partial charge in [-0.2, -0.15) is 0 Å². The number of carbonyl (C=O) groups excluding carboxylic acids is 1. The summed E-state index contributed by atoms with van der Waals surface area (Å²) in [6, 6.07) is 0. The summed E-state index contributed by atoms with van der Waals surface area (Å²) in [4.78, 5) is 27.4. The normalized spacial score (nSPS) is 27.3. The van der Waals surface area contributed by atoms with Crippen LogP contribution in [-0.2, 0) is 10.3 Å². The molecule has 0 spiro atoms. The summed E-state index contributed by atoms with van der Waals surface area (Å²) in [6.07, 6.45) is 4.65. The van der Waals surface area contributed by atoms with Gasteiger partial charge in [-0.25, -0.2) is 9.79 Å². The van der Waals surface area contributed by atoms with Gasteiger partial charge >= 0.3 is 6.09 Å². The molecule has 2 N–H and O–H groups in total. The Morgan fingerprint density at radius 3 is 2.91 bits per heavy atom. The highest BCUT2D eigenvalue weighted by Gasteiger charge is 2.53. The maximum absolute atomic E-state index is 12.4. The maximum atomic E-state index is 12.4. The van der Waals surface area contributed by atoms with Crippen LogP contribution in [0.3, 0.4) is 0 Å². The molecule has 8 heteroatoms. The Morgan fingerprint density at radius 1 is 1.48 bits per heavy atom. The minimum absolute atomic E-state index is 0.143. The third kappa shape index (κ3) is 3.12. The number of fused-ring (bicyclic) bond motifs is 1. The molecule has 0 saturated carbocycles. The fourth-order valence-corrected chi connectivity index (χ4v) is 3.95. The van der Waals surface area contributed by atoms with Crippen LogP contribution < -0.4 is 5.73 Å². The number of hydrogen-bond donors (Lipinski definition) is 1. The highest BCUT2D eigenvalue weighted by Crippen LogP contribution is 2.44. The molecular weight excluding hydrogens is 314 g/mol. The van der Waals surface area contributed by atoms with Crippen molar-refractivity contribution in [3.05, 3.63) is 24.3 Å². The highest BCUT2D eigenvalue weighted by atomic mass is 32.2. The molecule has 2 atom stereocenters. The van der Waals surface area contributed by atoms with Crippen molar-refractivity contribution in [2.75, 3.05) is 18.8 Å². The van der Waals surface area contributed by atoms with Crippen molar-refractivity contribution in [1.82, 2.24) is 14.9 Å². The van der Waals surface area contributed by atoms with Gasteiger partial charge in [0.05, 0.1) is 18.4 Å². The summed E-state index contributed by atoms with van der Waals surface area (Å²) >= 11 is 1.52. The monoisotopic (exact) mass is 335 g/mol. The van der Waals surface area contributed by atoms with Gasteiger partial charge in [0, 0.05) is 30.6 Å². The third-order valence-corrected chi connectivity index (χ3v) is 4.90. The minimum atomic E-state index is -0.625. The Hall–Kier alpha value is -1.83. The van der Waals surface area contributed by atoms with E-state index in [4.69, 9.17) is 10.5 Å². The molecule has 1 amide bonds. The van der Waals surface area contributed by atoms with Gasteiger partial charge in [-0.05, 0) is 20.8 Å². The quantitative estimate of drug-likeness (QED) is 0.838. The number of hydrogen-bond acceptors (Lipinski definition) is 7. The van der Waals surface area contributed by atoms with Gasteiger partial charge < -0.3 is 15.4 Å². The van der Waals surface area contributed by atoms with Crippen molar-refractivity contribution < 1.29 is 9.53 Å². The molecule has 1 aromatic heterocycles. The summed E-state index contributed by atoms with van der Waals surface area (Å²) < 4.78 is 5.50. The van der Waals surface area contributed by atoms with Gasteiger partial charge in [0.25, 0.3) is 0 Å². The summed E-state index contributed by atoms with van der Waals surface area (Å²) in [5.41, 5.74) is 5.57. The van der Waals surface area contributed by atoms with Crippen molar-refractivity contribution in [3.8, 4) is 0 Å². The number of aliphatic imine (C=N–C) groups is 1. The topological polar surface area (TPSA) is 93.7 Å². The molecule has 124 valence electrons. The first-order chi connectivity index (χ1) is 10.8. The van der Waals surface area contributed by atoms with Gasteiger partial charge in [-0.3, -0.25) is 9.97 Å². The zero-order valence-electron chi connectivity index (χ0n) is 13.5. The average Bonchev–Trinajstić information content (AvgIpc) is 2.86. The zero-order chi connectivity index (χ0) is 16.7. The number of nitrogens with zero attached hydrogens (tertiary/aromatic N) is 4. The third-order valence-electron chi connectivity index (χ3n) is 3.95. The number of likely N-dealkylation sites (tertiary alicyclic amines) is 1. The van der Waals surface area contributed by atoms with Crippen molar-refractivity contribution >= 4 is 23.0 Å². The average molecular weight is 335 g/mol. The second-order valence-electron chi connectivity index (χ2n) is 6.83. The first-order valence-electron chi connectivity index (χ1n) is 7.53. The number of aromatic nitrogens is 2. The molecule has 0 aliphatic carbocycles. The molecule has 23 heavy (non-hydrogen) atoms. The van der Waals surface area contributed by atoms with Crippen LogP contribution in [0.2, 0.25) is 0 Å². The second kappa shape index (κ2) is 5.67. The molecule has 1 fully saturated rings. The van der Waals surface area contributed by atoms with Crippen LogP contribution in [-0.4, -0.2) is 50.6 Å². The molecule has 0 bridgehead atoms. The Labute approximate surface area is 139 Å². The van der Waals surface area contributed by atoms with Gasteiger partial charge in [0.2, 0.25) is 0 Å². The van der Waals surface area contributed by atoms with E-state index in [0.29, 0.717) is 18.3 Å². The molecule has 3 heterocycles. The van der Waals surface area contributed by atoms with Crippen molar-refractivity contribution in [1.29, 1.82) is 0 Å². The van der Waals surface area contributed by atoms with Crippen molar-refractivity contribution in [2.45, 2.75) is 31.9 Å². The number of nitrogens with two attached hydrogens (primary N) is 1. The molecule has 2 aliphatic rings. The number of amidine groups is 1. The molecule has 2 unspecified atom stereocenters. The summed E-state index contributed by atoms with van der Waals surface area (Å²) in [5.74, 6) is 0.939. The van der Waals surface area contributed by atoms with E-state index in [1.807, 2.05) is 20.8 Å². The van der Waals surface area contributed by atoms with E-state index in [9.17, 15) is 4.79 Å². The Balaban J connectivity index is 1.92. The predicted octanol–water partition coefficient (Wildman–Crippen LogP) is 1.60. The van der Waals surface area contributed by atoms with Crippen molar-refractivity contribution in [3.63, 3.8) is 0 Å². The zero-order valence-corrected chi connectivity index (χ0v) is 14.3. The first-order valence-corrected chi connectivity index (χ1v) is 8.51. The number of amides is 1. The molecule has 2 aliphatic heterocycles. The van der Waals surface area contributed by atoms with E-state index in [1.165, 1.54) is 11.8 Å². The molecule has 1 aromatic rings. The number of rotatable bonds is 1. The van der Waals surface area contributed by atoms with Crippen LogP contribution in [0.15, 0.2) is 23.6 Å². The predicted molar refractivity (Wildman–Crippen MR) is 89.1 cm³/mol. The van der Waals surface area contributed by atoms with Gasteiger partial charge in [-0.15, -0.1) is 0 Å². The number of carbonyl (C=O) groups is 1. The van der Waals surface area contributed by atoms with Crippen LogP contribution in [0.5, 0.6) is 0 Å². The summed E-state index contributed by atoms with van der Waals surface area (Å²) in [5, 5.41) is 0.526. The lowest BCUT2D eigenvalue weighted by atomic mass is 9.86. The molecular formula is C15H21N5O2S. The van der Waals surface area contributed by atoms with E-state index in [1.54, 1.807) is 23.5 Å². The Morgan fingerprint density at radius 2 is 2.26 bits per heavy atom. The van der Waals surface area contributed by atoms with Crippen LogP contribution in [0.25, 0.3) is 0 Å². The molecule has 3 rings (SSSR count). The number of thioether (sulfide) groups is 1. The minimum Gasteiger partial charge on any atom is -0.444 e. The molecule has 0 aromatic carbocycles. The van der Waals surface area contributed by atoms with E-state index in [-0.39, 0.29) is 12.0 Å².